The van der Waals surface area contributed by atoms with Crippen LogP contribution in [-0.2, 0) is 4.84 Å². The first-order valence-corrected chi connectivity index (χ1v) is 11.5. The third-order valence-electron chi connectivity index (χ3n) is 4.88. The zero-order chi connectivity index (χ0) is 25.3. The fourth-order valence-corrected chi connectivity index (χ4v) is 3.23. The highest BCUT2D eigenvalue weighted by molar-refractivity contribution is 5.99. The van der Waals surface area contributed by atoms with Gasteiger partial charge in [-0.2, -0.15) is 5.21 Å². The van der Waals surface area contributed by atoms with Crippen molar-refractivity contribution in [2.45, 2.75) is 33.3 Å². The molecule has 2 aromatic heterocycles. The van der Waals surface area contributed by atoms with Gasteiger partial charge in [-0.05, 0) is 61.9 Å². The average molecular weight is 493 g/mol. The standard InChI is InChI=1S/C25H28N6O5/c1-5-10-34-28-23(24-14-22(29-36-24)17-6-8-19(32-4)9-7-17)15-33-20-11-18(25-26-30-31-27-25)12-21(13-20)35-16(2)3/h6-9,11-14,16H,5,10,15H2,1-4H3,(H,26,27,30,31)/b28-23+. The Kier molecular flexibility index (Phi) is 8.12. The Morgan fingerprint density at radius 2 is 1.83 bits per heavy atom. The van der Waals surface area contributed by atoms with Gasteiger partial charge in [-0.15, -0.1) is 10.2 Å². The predicted octanol–water partition coefficient (Wildman–Crippen LogP) is 4.53. The Hall–Kier alpha value is -4.41. The van der Waals surface area contributed by atoms with E-state index in [-0.39, 0.29) is 12.7 Å². The summed E-state index contributed by atoms with van der Waals surface area (Å²) in [5.41, 5.74) is 2.68. The number of oxime groups is 1. The van der Waals surface area contributed by atoms with Crippen LogP contribution in [0.25, 0.3) is 22.6 Å². The van der Waals surface area contributed by atoms with Crippen molar-refractivity contribution in [2.24, 2.45) is 5.16 Å². The van der Waals surface area contributed by atoms with Crippen molar-refractivity contribution in [3.63, 3.8) is 0 Å². The third kappa shape index (κ3) is 6.38. The van der Waals surface area contributed by atoms with Crippen LogP contribution < -0.4 is 14.2 Å². The normalized spacial score (nSPS) is 11.5. The third-order valence-corrected chi connectivity index (χ3v) is 4.88. The van der Waals surface area contributed by atoms with Gasteiger partial charge < -0.3 is 23.6 Å². The number of aromatic amines is 1. The molecule has 0 aliphatic carbocycles. The summed E-state index contributed by atoms with van der Waals surface area (Å²) < 4.78 is 22.8. The minimum absolute atomic E-state index is 0.0245. The summed E-state index contributed by atoms with van der Waals surface area (Å²) in [6.45, 7) is 6.42. The smallest absolute Gasteiger partial charge is 0.204 e. The minimum Gasteiger partial charge on any atom is -0.497 e. The number of benzene rings is 2. The van der Waals surface area contributed by atoms with E-state index in [1.54, 1.807) is 25.3 Å². The number of tetrazole rings is 1. The van der Waals surface area contributed by atoms with Crippen molar-refractivity contribution >= 4 is 5.71 Å². The summed E-state index contributed by atoms with van der Waals surface area (Å²) >= 11 is 0. The molecule has 1 N–H and O–H groups in total. The largest absolute Gasteiger partial charge is 0.497 e. The molecule has 0 aliphatic heterocycles. The fraction of sp³-hybridized carbons (Fsp3) is 0.320. The molecule has 0 saturated heterocycles. The van der Waals surface area contributed by atoms with Crippen LogP contribution in [0.5, 0.6) is 17.2 Å². The summed E-state index contributed by atoms with van der Waals surface area (Å²) in [6.07, 6.45) is 0.789. The molecule has 4 rings (SSSR count). The molecule has 0 bridgehead atoms. The highest BCUT2D eigenvalue weighted by Crippen LogP contribution is 2.29. The van der Waals surface area contributed by atoms with E-state index in [1.807, 2.05) is 51.1 Å². The second-order valence-corrected chi connectivity index (χ2v) is 8.06. The van der Waals surface area contributed by atoms with E-state index in [0.717, 1.165) is 17.7 Å². The Bertz CT molecular complexity index is 1270. The van der Waals surface area contributed by atoms with Crippen LogP contribution in [0.1, 0.15) is 33.0 Å². The van der Waals surface area contributed by atoms with Crippen molar-refractivity contribution in [3.8, 4) is 39.9 Å². The molecule has 0 fully saturated rings. The summed E-state index contributed by atoms with van der Waals surface area (Å²) in [4.78, 5) is 5.44. The second kappa shape index (κ2) is 11.8. The van der Waals surface area contributed by atoms with Gasteiger partial charge in [0.15, 0.2) is 11.5 Å². The van der Waals surface area contributed by atoms with Crippen LogP contribution >= 0.6 is 0 Å². The summed E-state index contributed by atoms with van der Waals surface area (Å²) in [5, 5.41) is 22.6. The maximum Gasteiger partial charge on any atom is 0.204 e. The number of hydrogen-bond donors (Lipinski definition) is 1. The number of rotatable bonds is 12. The van der Waals surface area contributed by atoms with E-state index in [0.29, 0.717) is 46.7 Å². The van der Waals surface area contributed by atoms with Gasteiger partial charge in [0.2, 0.25) is 5.82 Å². The maximum atomic E-state index is 6.08. The van der Waals surface area contributed by atoms with Crippen molar-refractivity contribution in [1.82, 2.24) is 25.8 Å². The molecule has 11 heteroatoms. The summed E-state index contributed by atoms with van der Waals surface area (Å²) in [6, 6.07) is 14.7. The quantitative estimate of drug-likeness (QED) is 0.172. The Morgan fingerprint density at radius 1 is 1.03 bits per heavy atom. The first-order valence-electron chi connectivity index (χ1n) is 11.5. The topological polar surface area (TPSA) is 130 Å². The van der Waals surface area contributed by atoms with Gasteiger partial charge >= 0.3 is 0 Å². The van der Waals surface area contributed by atoms with Gasteiger partial charge in [0.25, 0.3) is 0 Å². The maximum absolute atomic E-state index is 6.08. The molecule has 0 spiro atoms. The number of nitrogens with zero attached hydrogens (tertiary/aromatic N) is 5. The number of nitrogens with one attached hydrogen (secondary N) is 1. The van der Waals surface area contributed by atoms with Crippen LogP contribution in [-0.4, -0.2) is 57.9 Å². The second-order valence-electron chi connectivity index (χ2n) is 8.06. The Balaban J connectivity index is 1.57. The lowest BCUT2D eigenvalue weighted by molar-refractivity contribution is 0.142. The van der Waals surface area contributed by atoms with Crippen LogP contribution in [0.15, 0.2) is 58.2 Å². The van der Waals surface area contributed by atoms with Gasteiger partial charge in [-0.3, -0.25) is 0 Å². The number of hydrogen-bond acceptors (Lipinski definition) is 10. The minimum atomic E-state index is -0.0245. The van der Waals surface area contributed by atoms with E-state index in [4.69, 9.17) is 23.6 Å². The lowest BCUT2D eigenvalue weighted by Gasteiger charge is -2.13. The van der Waals surface area contributed by atoms with Crippen LogP contribution in [0.3, 0.4) is 0 Å². The molecule has 0 saturated carbocycles. The summed E-state index contributed by atoms with van der Waals surface area (Å²) in [5.74, 6) is 2.77. The van der Waals surface area contributed by atoms with Crippen LogP contribution in [0.2, 0.25) is 0 Å². The predicted molar refractivity (Wildman–Crippen MR) is 132 cm³/mol. The monoisotopic (exact) mass is 492 g/mol. The lowest BCUT2D eigenvalue weighted by Crippen LogP contribution is -2.14. The molecule has 188 valence electrons. The highest BCUT2D eigenvalue weighted by atomic mass is 16.6. The van der Waals surface area contributed by atoms with E-state index in [1.165, 1.54) is 0 Å². The molecule has 0 aliphatic rings. The van der Waals surface area contributed by atoms with Crippen molar-refractivity contribution < 1.29 is 23.6 Å². The van der Waals surface area contributed by atoms with Gasteiger partial charge in [0.05, 0.1) is 13.2 Å². The molecule has 0 atom stereocenters. The molecular formula is C25H28N6O5. The zero-order valence-corrected chi connectivity index (χ0v) is 20.6. The molecule has 36 heavy (non-hydrogen) atoms. The number of methoxy groups -OCH3 is 1. The first kappa shape index (κ1) is 24.7. The summed E-state index contributed by atoms with van der Waals surface area (Å²) in [7, 11) is 1.62. The molecule has 0 unspecified atom stereocenters. The van der Waals surface area contributed by atoms with Crippen molar-refractivity contribution in [2.75, 3.05) is 20.3 Å². The molecule has 0 radical (unpaired) electrons. The highest BCUT2D eigenvalue weighted by Gasteiger charge is 2.16. The van der Waals surface area contributed by atoms with E-state index in [9.17, 15) is 0 Å². The average Bonchev–Trinajstić information content (AvgIpc) is 3.59. The van der Waals surface area contributed by atoms with E-state index >= 15 is 0 Å². The van der Waals surface area contributed by atoms with E-state index < -0.39 is 0 Å². The zero-order valence-electron chi connectivity index (χ0n) is 20.6. The number of H-pyrrole nitrogens is 1. The Labute approximate surface area is 208 Å². The molecule has 0 amide bonds. The van der Waals surface area contributed by atoms with Crippen molar-refractivity contribution in [3.05, 3.63) is 54.3 Å². The fourth-order valence-electron chi connectivity index (χ4n) is 3.23. The SMILES string of the molecule is CCCO/N=C(\COc1cc(OC(C)C)cc(-c2nn[nH]n2)c1)c1cc(-c2ccc(OC)cc2)no1. The van der Waals surface area contributed by atoms with Gasteiger partial charge in [0.1, 0.15) is 36.2 Å². The molecule has 2 aromatic carbocycles. The molecule has 11 nitrogen and oxygen atoms in total. The molecule has 2 heterocycles. The van der Waals surface area contributed by atoms with Crippen LogP contribution in [0, 0.1) is 0 Å². The number of ether oxygens (including phenoxy) is 3. The Morgan fingerprint density at radius 3 is 2.53 bits per heavy atom. The molecule has 4 aromatic rings. The molecular weight excluding hydrogens is 464 g/mol. The van der Waals surface area contributed by atoms with Gasteiger partial charge in [0, 0.05) is 23.3 Å². The number of aromatic nitrogens is 5. The van der Waals surface area contributed by atoms with E-state index in [2.05, 4.69) is 30.9 Å². The van der Waals surface area contributed by atoms with Crippen molar-refractivity contribution in [1.29, 1.82) is 0 Å². The first-order chi connectivity index (χ1) is 17.6. The lowest BCUT2D eigenvalue weighted by atomic mass is 10.1. The van der Waals surface area contributed by atoms with Gasteiger partial charge in [-0.1, -0.05) is 17.2 Å². The van der Waals surface area contributed by atoms with Gasteiger partial charge in [-0.25, -0.2) is 0 Å². The van der Waals surface area contributed by atoms with Crippen LogP contribution in [0.4, 0.5) is 0 Å².